The smallest absolute Gasteiger partial charge is 0.326 e. The first-order valence-electron chi connectivity index (χ1n) is 5.65. The van der Waals surface area contributed by atoms with Crippen molar-refractivity contribution in [1.82, 2.24) is 10.3 Å². The molecule has 0 aliphatic rings. The minimum absolute atomic E-state index is 0.101. The molecule has 0 fully saturated rings. The first-order valence-corrected chi connectivity index (χ1v) is 5.65. The van der Waals surface area contributed by atoms with Gasteiger partial charge in [0.2, 0.25) is 0 Å². The van der Waals surface area contributed by atoms with Gasteiger partial charge in [0.05, 0.1) is 5.56 Å². The zero-order valence-corrected chi connectivity index (χ0v) is 10.3. The summed E-state index contributed by atoms with van der Waals surface area (Å²) in [6.07, 6.45) is 2.35. The number of carbonyl (C=O) groups is 2. The average molecular weight is 238 g/mol. The van der Waals surface area contributed by atoms with Gasteiger partial charge in [0, 0.05) is 11.9 Å². The van der Waals surface area contributed by atoms with Crippen LogP contribution in [0.4, 0.5) is 0 Å². The van der Waals surface area contributed by atoms with Gasteiger partial charge in [-0.1, -0.05) is 20.3 Å². The molecule has 0 aliphatic carbocycles. The first-order chi connectivity index (χ1) is 7.97. The molecule has 2 atom stereocenters. The number of carboxylic acids is 1. The molecular formula is C12H18N2O3. The van der Waals surface area contributed by atoms with Gasteiger partial charge in [0.15, 0.2) is 0 Å². The number of aryl methyl sites for hydroxylation is 1. The third kappa shape index (κ3) is 3.09. The lowest BCUT2D eigenvalue weighted by Gasteiger charge is -2.20. The van der Waals surface area contributed by atoms with E-state index in [0.29, 0.717) is 12.0 Å². The van der Waals surface area contributed by atoms with Crippen molar-refractivity contribution in [3.63, 3.8) is 0 Å². The molecule has 1 aromatic rings. The Hall–Kier alpha value is -1.78. The van der Waals surface area contributed by atoms with E-state index in [1.165, 1.54) is 0 Å². The summed E-state index contributed by atoms with van der Waals surface area (Å²) in [6.45, 7) is 5.48. The number of carboxylic acid groups (broad SMARTS) is 1. The first kappa shape index (κ1) is 13.3. The topological polar surface area (TPSA) is 82.2 Å². The molecule has 17 heavy (non-hydrogen) atoms. The van der Waals surface area contributed by atoms with E-state index in [2.05, 4.69) is 10.3 Å². The van der Waals surface area contributed by atoms with E-state index in [9.17, 15) is 9.59 Å². The van der Waals surface area contributed by atoms with Crippen molar-refractivity contribution in [1.29, 1.82) is 0 Å². The van der Waals surface area contributed by atoms with Gasteiger partial charge in [-0.15, -0.1) is 0 Å². The molecule has 0 radical (unpaired) electrons. The lowest BCUT2D eigenvalue weighted by atomic mass is 9.99. The Labute approximate surface area is 100 Å². The summed E-state index contributed by atoms with van der Waals surface area (Å²) in [5, 5.41) is 11.6. The number of hydrogen-bond donors (Lipinski definition) is 3. The van der Waals surface area contributed by atoms with E-state index in [0.717, 1.165) is 5.69 Å². The van der Waals surface area contributed by atoms with Gasteiger partial charge in [-0.25, -0.2) is 4.79 Å². The van der Waals surface area contributed by atoms with Gasteiger partial charge < -0.3 is 15.4 Å². The number of aromatic nitrogens is 1. The van der Waals surface area contributed by atoms with Gasteiger partial charge in [0.25, 0.3) is 5.91 Å². The molecule has 0 bridgehead atoms. The fraction of sp³-hybridized carbons (Fsp3) is 0.500. The molecule has 5 nitrogen and oxygen atoms in total. The molecule has 0 saturated carbocycles. The van der Waals surface area contributed by atoms with Crippen LogP contribution in [-0.2, 0) is 4.79 Å². The van der Waals surface area contributed by atoms with Crippen molar-refractivity contribution in [3.05, 3.63) is 23.5 Å². The maximum Gasteiger partial charge on any atom is 0.326 e. The summed E-state index contributed by atoms with van der Waals surface area (Å²) in [5.41, 5.74) is 1.22. The number of H-pyrrole nitrogens is 1. The Morgan fingerprint density at radius 3 is 2.59 bits per heavy atom. The molecule has 0 spiro atoms. The van der Waals surface area contributed by atoms with Crippen molar-refractivity contribution in [2.45, 2.75) is 33.2 Å². The highest BCUT2D eigenvalue weighted by molar-refractivity contribution is 5.97. The minimum atomic E-state index is -0.999. The highest BCUT2D eigenvalue weighted by Gasteiger charge is 2.26. The van der Waals surface area contributed by atoms with Crippen molar-refractivity contribution in [2.24, 2.45) is 5.92 Å². The van der Waals surface area contributed by atoms with Crippen LogP contribution in [0.2, 0.25) is 0 Å². The Kier molecular flexibility index (Phi) is 4.31. The standard InChI is InChI=1S/C12H18N2O3/c1-4-7(2)10(12(16)17)14-11(15)9-5-6-13-8(9)3/h5-7,10,13H,4H2,1-3H3,(H,14,15)(H,16,17)/t7-,10-/m0/s1. The summed E-state index contributed by atoms with van der Waals surface area (Å²) in [5.74, 6) is -1.45. The van der Waals surface area contributed by atoms with E-state index in [1.807, 2.05) is 13.8 Å². The Bertz CT molecular complexity index is 412. The zero-order chi connectivity index (χ0) is 13.0. The van der Waals surface area contributed by atoms with E-state index in [1.54, 1.807) is 19.2 Å². The highest BCUT2D eigenvalue weighted by atomic mass is 16.4. The van der Waals surface area contributed by atoms with Crippen molar-refractivity contribution < 1.29 is 14.7 Å². The lowest BCUT2D eigenvalue weighted by Crippen LogP contribution is -2.45. The third-order valence-electron chi connectivity index (χ3n) is 2.96. The van der Waals surface area contributed by atoms with Gasteiger partial charge in [0.1, 0.15) is 6.04 Å². The number of aromatic amines is 1. The van der Waals surface area contributed by atoms with Crippen molar-refractivity contribution >= 4 is 11.9 Å². The van der Waals surface area contributed by atoms with Crippen LogP contribution in [0.5, 0.6) is 0 Å². The Morgan fingerprint density at radius 2 is 2.18 bits per heavy atom. The van der Waals surface area contributed by atoms with Crippen LogP contribution < -0.4 is 5.32 Å². The molecule has 1 heterocycles. The fourth-order valence-electron chi connectivity index (χ4n) is 1.60. The van der Waals surface area contributed by atoms with E-state index >= 15 is 0 Å². The van der Waals surface area contributed by atoms with Crippen LogP contribution in [0.15, 0.2) is 12.3 Å². The maximum atomic E-state index is 11.9. The van der Waals surface area contributed by atoms with Gasteiger partial charge in [-0.3, -0.25) is 4.79 Å². The summed E-state index contributed by atoms with van der Waals surface area (Å²) in [7, 11) is 0. The maximum absolute atomic E-state index is 11.9. The number of aliphatic carboxylic acids is 1. The van der Waals surface area contributed by atoms with Crippen LogP contribution >= 0.6 is 0 Å². The molecule has 1 amide bonds. The number of nitrogens with one attached hydrogen (secondary N) is 2. The fourth-order valence-corrected chi connectivity index (χ4v) is 1.60. The van der Waals surface area contributed by atoms with Gasteiger partial charge >= 0.3 is 5.97 Å². The zero-order valence-electron chi connectivity index (χ0n) is 10.3. The van der Waals surface area contributed by atoms with Crippen LogP contribution in [0, 0.1) is 12.8 Å². The van der Waals surface area contributed by atoms with Gasteiger partial charge in [-0.2, -0.15) is 0 Å². The van der Waals surface area contributed by atoms with Crippen LogP contribution in [0.25, 0.3) is 0 Å². The van der Waals surface area contributed by atoms with Gasteiger partial charge in [-0.05, 0) is 18.9 Å². The molecule has 94 valence electrons. The van der Waals surface area contributed by atoms with Crippen LogP contribution in [-0.4, -0.2) is 28.0 Å². The Balaban J connectivity index is 2.78. The van der Waals surface area contributed by atoms with E-state index in [4.69, 9.17) is 5.11 Å². The summed E-state index contributed by atoms with van der Waals surface area (Å²) in [4.78, 5) is 25.8. The molecule has 0 unspecified atom stereocenters. The normalized spacial score (nSPS) is 14.1. The second kappa shape index (κ2) is 5.52. The quantitative estimate of drug-likeness (QED) is 0.728. The monoisotopic (exact) mass is 238 g/mol. The number of carbonyl (C=O) groups excluding carboxylic acids is 1. The largest absolute Gasteiger partial charge is 0.480 e. The molecule has 5 heteroatoms. The lowest BCUT2D eigenvalue weighted by molar-refractivity contribution is -0.140. The molecule has 0 saturated heterocycles. The molecule has 0 aromatic carbocycles. The SMILES string of the molecule is CC[C@H](C)[C@H](NC(=O)c1cc[nH]c1C)C(=O)O. The predicted octanol–water partition coefficient (Wildman–Crippen LogP) is 1.55. The second-order valence-electron chi connectivity index (χ2n) is 4.19. The molecular weight excluding hydrogens is 220 g/mol. The van der Waals surface area contributed by atoms with E-state index in [-0.39, 0.29) is 11.8 Å². The third-order valence-corrected chi connectivity index (χ3v) is 2.96. The molecule has 3 N–H and O–H groups in total. The van der Waals surface area contributed by atoms with E-state index < -0.39 is 12.0 Å². The Morgan fingerprint density at radius 1 is 1.53 bits per heavy atom. The molecule has 1 rings (SSSR count). The number of rotatable bonds is 5. The minimum Gasteiger partial charge on any atom is -0.480 e. The predicted molar refractivity (Wildman–Crippen MR) is 63.9 cm³/mol. The van der Waals surface area contributed by atoms with Crippen molar-refractivity contribution in [2.75, 3.05) is 0 Å². The average Bonchev–Trinajstić information content (AvgIpc) is 2.70. The molecule has 1 aromatic heterocycles. The second-order valence-corrected chi connectivity index (χ2v) is 4.19. The number of hydrogen-bond acceptors (Lipinski definition) is 2. The van der Waals surface area contributed by atoms with Crippen molar-refractivity contribution in [3.8, 4) is 0 Å². The summed E-state index contributed by atoms with van der Waals surface area (Å²) < 4.78 is 0. The molecule has 0 aliphatic heterocycles. The summed E-state index contributed by atoms with van der Waals surface area (Å²) >= 11 is 0. The number of amides is 1. The highest BCUT2D eigenvalue weighted by Crippen LogP contribution is 2.10. The van der Waals surface area contributed by atoms with Crippen LogP contribution in [0.3, 0.4) is 0 Å². The summed E-state index contributed by atoms with van der Waals surface area (Å²) in [6, 6.07) is 0.794. The van der Waals surface area contributed by atoms with Crippen LogP contribution in [0.1, 0.15) is 36.3 Å².